The van der Waals surface area contributed by atoms with Gasteiger partial charge in [-0.25, -0.2) is 17.9 Å². The smallest absolute Gasteiger partial charge is 0.330 e. The Morgan fingerprint density at radius 3 is 2.33 bits per heavy atom. The lowest BCUT2D eigenvalue weighted by Gasteiger charge is -2.18. The molecule has 1 atom stereocenters. The highest BCUT2D eigenvalue weighted by Crippen LogP contribution is 2.08. The van der Waals surface area contributed by atoms with Gasteiger partial charge in [-0.1, -0.05) is 13.8 Å². The summed E-state index contributed by atoms with van der Waals surface area (Å²) in [5.41, 5.74) is -1.51. The lowest BCUT2D eigenvalue weighted by atomic mass is 10.1. The Morgan fingerprint density at radius 1 is 1.29 bits per heavy atom. The third-order valence-electron chi connectivity index (χ3n) is 3.00. The maximum Gasteiger partial charge on any atom is 0.330 e. The molecule has 8 nitrogen and oxygen atoms in total. The van der Waals surface area contributed by atoms with Crippen LogP contribution in [0.4, 0.5) is 0 Å². The Kier molecular flexibility index (Phi) is 5.48. The summed E-state index contributed by atoms with van der Waals surface area (Å²) >= 11 is 0. The van der Waals surface area contributed by atoms with E-state index in [0.29, 0.717) is 6.42 Å². The topological polar surface area (TPSA) is 110 Å². The molecule has 0 aliphatic carbocycles. The number of aromatic nitrogens is 2. The first kappa shape index (κ1) is 17.6. The second-order valence-electron chi connectivity index (χ2n) is 5.38. The Bertz CT molecular complexity index is 717. The molecule has 1 rings (SSSR count). The van der Waals surface area contributed by atoms with E-state index in [2.05, 4.69) is 4.72 Å². The van der Waals surface area contributed by atoms with Crippen molar-refractivity contribution < 1.29 is 13.5 Å². The number of aliphatic hydroxyl groups is 1. The van der Waals surface area contributed by atoms with Crippen LogP contribution in [0.25, 0.3) is 0 Å². The summed E-state index contributed by atoms with van der Waals surface area (Å²) in [6.07, 6.45) is 1.42. The van der Waals surface area contributed by atoms with Crippen molar-refractivity contribution in [2.24, 2.45) is 20.0 Å². The SMILES string of the molecule is CC(C)CC(CO)NS(=O)(=O)c1cn(C)c(=O)n(C)c1=O. The predicted molar refractivity (Wildman–Crippen MR) is 77.6 cm³/mol. The molecule has 1 heterocycles. The number of sulfonamides is 1. The zero-order valence-electron chi connectivity index (χ0n) is 12.5. The van der Waals surface area contributed by atoms with Gasteiger partial charge in [0.25, 0.3) is 5.56 Å². The average molecular weight is 319 g/mol. The van der Waals surface area contributed by atoms with Gasteiger partial charge in [0, 0.05) is 26.3 Å². The van der Waals surface area contributed by atoms with Crippen LogP contribution < -0.4 is 16.0 Å². The van der Waals surface area contributed by atoms with E-state index in [1.165, 1.54) is 14.1 Å². The standard InChI is InChI=1S/C12H21N3O5S/c1-8(2)5-9(7-16)13-21(19,20)10-6-14(3)12(18)15(4)11(10)17/h6,8-9,13,16H,5,7H2,1-4H3. The molecular weight excluding hydrogens is 298 g/mol. The van der Waals surface area contributed by atoms with Crippen molar-refractivity contribution in [3.8, 4) is 0 Å². The van der Waals surface area contributed by atoms with E-state index in [4.69, 9.17) is 0 Å². The molecule has 1 unspecified atom stereocenters. The van der Waals surface area contributed by atoms with Crippen LogP contribution in [0.3, 0.4) is 0 Å². The maximum absolute atomic E-state index is 12.3. The minimum Gasteiger partial charge on any atom is -0.395 e. The number of nitrogens with one attached hydrogen (secondary N) is 1. The molecule has 0 amide bonds. The van der Waals surface area contributed by atoms with Crippen LogP contribution in [-0.4, -0.2) is 35.3 Å². The number of aliphatic hydroxyl groups excluding tert-OH is 1. The third kappa shape index (κ3) is 4.02. The van der Waals surface area contributed by atoms with Gasteiger partial charge in [0.05, 0.1) is 6.61 Å². The number of aryl methyl sites for hydroxylation is 1. The summed E-state index contributed by atoms with van der Waals surface area (Å²) in [6.45, 7) is 3.41. The maximum atomic E-state index is 12.3. The molecular formula is C12H21N3O5S. The second kappa shape index (κ2) is 6.54. The van der Waals surface area contributed by atoms with Gasteiger partial charge in [-0.05, 0) is 12.3 Å². The molecule has 0 radical (unpaired) electrons. The molecule has 0 saturated carbocycles. The molecule has 0 aliphatic rings. The van der Waals surface area contributed by atoms with Gasteiger partial charge in [-0.15, -0.1) is 0 Å². The quantitative estimate of drug-likeness (QED) is 0.682. The summed E-state index contributed by atoms with van der Waals surface area (Å²) < 4.78 is 28.6. The first-order valence-electron chi connectivity index (χ1n) is 6.50. The van der Waals surface area contributed by atoms with Crippen molar-refractivity contribution in [1.29, 1.82) is 0 Å². The minimum atomic E-state index is -4.11. The first-order chi connectivity index (χ1) is 9.60. The van der Waals surface area contributed by atoms with Crippen LogP contribution in [-0.2, 0) is 24.1 Å². The molecule has 0 aliphatic heterocycles. The van der Waals surface area contributed by atoms with Gasteiger partial charge in [0.15, 0.2) is 4.90 Å². The number of rotatable bonds is 6. The summed E-state index contributed by atoms with van der Waals surface area (Å²) in [5.74, 6) is 0.174. The summed E-state index contributed by atoms with van der Waals surface area (Å²) in [7, 11) is -1.54. The average Bonchev–Trinajstić information content (AvgIpc) is 2.38. The predicted octanol–water partition coefficient (Wildman–Crippen LogP) is -1.23. The van der Waals surface area contributed by atoms with E-state index in [-0.39, 0.29) is 12.5 Å². The Hall–Kier alpha value is -1.45. The van der Waals surface area contributed by atoms with Crippen molar-refractivity contribution in [1.82, 2.24) is 13.9 Å². The molecule has 0 spiro atoms. The normalized spacial score (nSPS) is 13.6. The fourth-order valence-corrected chi connectivity index (χ4v) is 3.37. The Labute approximate surface area is 123 Å². The van der Waals surface area contributed by atoms with Gasteiger partial charge in [0.2, 0.25) is 10.0 Å². The first-order valence-corrected chi connectivity index (χ1v) is 7.98. The highest BCUT2D eigenvalue weighted by molar-refractivity contribution is 7.89. The minimum absolute atomic E-state index is 0.174. The van der Waals surface area contributed by atoms with E-state index < -0.39 is 32.2 Å². The molecule has 120 valence electrons. The zero-order valence-corrected chi connectivity index (χ0v) is 13.3. The second-order valence-corrected chi connectivity index (χ2v) is 7.06. The van der Waals surface area contributed by atoms with Crippen molar-refractivity contribution in [3.63, 3.8) is 0 Å². The fourth-order valence-electron chi connectivity index (χ4n) is 1.97. The molecule has 21 heavy (non-hydrogen) atoms. The molecule has 1 aromatic rings. The van der Waals surface area contributed by atoms with Crippen LogP contribution >= 0.6 is 0 Å². The summed E-state index contributed by atoms with van der Waals surface area (Å²) in [4.78, 5) is 23.0. The monoisotopic (exact) mass is 319 g/mol. The van der Waals surface area contributed by atoms with Gasteiger partial charge in [-0.2, -0.15) is 0 Å². The lowest BCUT2D eigenvalue weighted by molar-refractivity contribution is 0.240. The van der Waals surface area contributed by atoms with E-state index in [0.717, 1.165) is 15.3 Å². The lowest BCUT2D eigenvalue weighted by Crippen LogP contribution is -2.44. The van der Waals surface area contributed by atoms with Gasteiger partial charge in [0.1, 0.15) is 0 Å². The molecule has 0 bridgehead atoms. The number of hydrogen-bond acceptors (Lipinski definition) is 5. The highest BCUT2D eigenvalue weighted by atomic mass is 32.2. The van der Waals surface area contributed by atoms with Gasteiger partial charge < -0.3 is 9.67 Å². The molecule has 9 heteroatoms. The van der Waals surface area contributed by atoms with Gasteiger partial charge in [-0.3, -0.25) is 9.36 Å². The Morgan fingerprint density at radius 2 is 1.86 bits per heavy atom. The van der Waals surface area contributed by atoms with Crippen molar-refractivity contribution in [2.75, 3.05) is 6.61 Å². The number of hydrogen-bond donors (Lipinski definition) is 2. The van der Waals surface area contributed by atoms with Crippen molar-refractivity contribution in [3.05, 3.63) is 27.0 Å². The highest BCUT2D eigenvalue weighted by Gasteiger charge is 2.25. The number of nitrogens with zero attached hydrogens (tertiary/aromatic N) is 2. The van der Waals surface area contributed by atoms with E-state index in [1.807, 2.05) is 13.8 Å². The Balaban J connectivity index is 3.26. The third-order valence-corrected chi connectivity index (χ3v) is 4.51. The van der Waals surface area contributed by atoms with Crippen LogP contribution in [0.15, 0.2) is 20.7 Å². The zero-order chi connectivity index (χ0) is 16.4. The summed E-state index contributed by atoms with van der Waals surface area (Å²) in [5, 5.41) is 9.24. The van der Waals surface area contributed by atoms with Crippen LogP contribution in [0, 0.1) is 5.92 Å². The molecule has 2 N–H and O–H groups in total. The van der Waals surface area contributed by atoms with E-state index in [1.54, 1.807) is 0 Å². The van der Waals surface area contributed by atoms with Crippen LogP contribution in [0.1, 0.15) is 20.3 Å². The van der Waals surface area contributed by atoms with E-state index in [9.17, 15) is 23.1 Å². The van der Waals surface area contributed by atoms with Crippen LogP contribution in [0.2, 0.25) is 0 Å². The molecule has 0 fully saturated rings. The van der Waals surface area contributed by atoms with Crippen LogP contribution in [0.5, 0.6) is 0 Å². The largest absolute Gasteiger partial charge is 0.395 e. The molecule has 1 aromatic heterocycles. The fraction of sp³-hybridized carbons (Fsp3) is 0.667. The van der Waals surface area contributed by atoms with Gasteiger partial charge >= 0.3 is 5.69 Å². The molecule has 0 saturated heterocycles. The molecule has 0 aromatic carbocycles. The summed E-state index contributed by atoms with van der Waals surface area (Å²) in [6, 6.07) is -0.683. The van der Waals surface area contributed by atoms with Crippen molar-refractivity contribution in [2.45, 2.75) is 31.2 Å². The van der Waals surface area contributed by atoms with Crippen molar-refractivity contribution >= 4 is 10.0 Å². The van der Waals surface area contributed by atoms with E-state index >= 15 is 0 Å².